The molecule has 0 bridgehead atoms. The average molecular weight is 414 g/mol. The van der Waals surface area contributed by atoms with E-state index in [0.717, 1.165) is 30.7 Å². The molecule has 0 radical (unpaired) electrons. The molecule has 0 aromatic heterocycles. The van der Waals surface area contributed by atoms with E-state index in [9.17, 15) is 0 Å². The Morgan fingerprint density at radius 2 is 1.68 bits per heavy atom. The predicted molar refractivity (Wildman–Crippen MR) is 118 cm³/mol. The fraction of sp³-hybridized carbons (Fsp3) is 0.250. The number of aryl methyl sites for hydroxylation is 1. The van der Waals surface area contributed by atoms with E-state index in [1.165, 1.54) is 11.1 Å². The summed E-state index contributed by atoms with van der Waals surface area (Å²) < 4.78 is 5.91. The zero-order chi connectivity index (χ0) is 19.8. The highest BCUT2D eigenvalue weighted by Crippen LogP contribution is 2.23. The van der Waals surface area contributed by atoms with Gasteiger partial charge in [-0.05, 0) is 55.2 Å². The van der Waals surface area contributed by atoms with Crippen molar-refractivity contribution < 1.29 is 4.74 Å². The van der Waals surface area contributed by atoms with Crippen LogP contribution >= 0.6 is 23.2 Å². The molecule has 1 unspecified atom stereocenters. The molecule has 4 heteroatoms. The van der Waals surface area contributed by atoms with Gasteiger partial charge in [0.05, 0.1) is 0 Å². The molecule has 0 aliphatic heterocycles. The molecular formula is C24H25Cl2NO. The van der Waals surface area contributed by atoms with Gasteiger partial charge in [-0.15, -0.1) is 0 Å². The average Bonchev–Trinajstić information content (AvgIpc) is 2.71. The first-order chi connectivity index (χ1) is 13.6. The van der Waals surface area contributed by atoms with Gasteiger partial charge >= 0.3 is 0 Å². The van der Waals surface area contributed by atoms with Crippen LogP contribution in [-0.4, -0.2) is 6.04 Å². The van der Waals surface area contributed by atoms with Crippen molar-refractivity contribution in [2.24, 2.45) is 0 Å². The summed E-state index contributed by atoms with van der Waals surface area (Å²) in [4.78, 5) is 0. The van der Waals surface area contributed by atoms with Crippen LogP contribution in [0.3, 0.4) is 0 Å². The minimum Gasteiger partial charge on any atom is -0.489 e. The van der Waals surface area contributed by atoms with E-state index in [1.54, 1.807) is 6.07 Å². The summed E-state index contributed by atoms with van der Waals surface area (Å²) in [7, 11) is 0. The summed E-state index contributed by atoms with van der Waals surface area (Å²) in [5, 5.41) is 4.84. The van der Waals surface area contributed by atoms with Gasteiger partial charge in [-0.25, -0.2) is 0 Å². The largest absolute Gasteiger partial charge is 0.489 e. The fourth-order valence-electron chi connectivity index (χ4n) is 2.97. The maximum Gasteiger partial charge on any atom is 0.120 e. The van der Waals surface area contributed by atoms with Crippen LogP contribution in [0, 0.1) is 0 Å². The Hall–Kier alpha value is -2.00. The predicted octanol–water partition coefficient (Wildman–Crippen LogP) is 6.68. The highest BCUT2D eigenvalue weighted by molar-refractivity contribution is 6.35. The second-order valence-electron chi connectivity index (χ2n) is 6.98. The standard InChI is InChI=1S/C24H25Cl2NO/c1-18(10-11-19-6-3-2-4-7-19)27-16-20-8-5-9-23(14-20)28-17-21-12-13-22(25)15-24(21)26/h2-9,12-15,18,27H,10-11,16-17H2,1H3. The monoisotopic (exact) mass is 413 g/mol. The number of nitrogens with one attached hydrogen (secondary N) is 1. The molecule has 0 aliphatic carbocycles. The molecule has 3 rings (SSSR count). The molecular weight excluding hydrogens is 389 g/mol. The molecule has 1 N–H and O–H groups in total. The third-order valence-electron chi connectivity index (χ3n) is 4.67. The van der Waals surface area contributed by atoms with Crippen molar-refractivity contribution in [2.75, 3.05) is 0 Å². The first kappa shape index (κ1) is 20.7. The first-order valence-corrected chi connectivity index (χ1v) is 10.3. The van der Waals surface area contributed by atoms with Crippen LogP contribution in [0.4, 0.5) is 0 Å². The van der Waals surface area contributed by atoms with Gasteiger partial charge in [-0.1, -0.05) is 71.7 Å². The number of halogens is 2. The first-order valence-electron chi connectivity index (χ1n) is 9.53. The molecule has 146 valence electrons. The third-order valence-corrected chi connectivity index (χ3v) is 5.26. The summed E-state index contributed by atoms with van der Waals surface area (Å²) in [5.41, 5.74) is 3.50. The molecule has 0 saturated carbocycles. The molecule has 3 aromatic carbocycles. The molecule has 0 aliphatic rings. The van der Waals surface area contributed by atoms with E-state index in [0.29, 0.717) is 22.7 Å². The highest BCUT2D eigenvalue weighted by Gasteiger charge is 2.05. The second kappa shape index (κ2) is 10.5. The lowest BCUT2D eigenvalue weighted by Crippen LogP contribution is -2.25. The maximum absolute atomic E-state index is 6.21. The minimum atomic E-state index is 0.417. The number of hydrogen-bond acceptors (Lipinski definition) is 2. The minimum absolute atomic E-state index is 0.417. The Morgan fingerprint density at radius 3 is 2.46 bits per heavy atom. The van der Waals surface area contributed by atoms with Gasteiger partial charge in [-0.2, -0.15) is 0 Å². The zero-order valence-corrected chi connectivity index (χ0v) is 17.5. The molecule has 0 heterocycles. The maximum atomic E-state index is 6.21. The summed E-state index contributed by atoms with van der Waals surface area (Å²) in [6, 6.07) is 24.7. The molecule has 0 saturated heterocycles. The van der Waals surface area contributed by atoms with Crippen molar-refractivity contribution in [3.05, 3.63) is 99.5 Å². The van der Waals surface area contributed by atoms with Crippen LogP contribution in [0.1, 0.15) is 30.0 Å². The smallest absolute Gasteiger partial charge is 0.120 e. The summed E-state index contributed by atoms with van der Waals surface area (Å²) in [6.45, 7) is 3.46. The Kier molecular flexibility index (Phi) is 7.79. The number of rotatable bonds is 9. The quantitative estimate of drug-likeness (QED) is 0.422. The van der Waals surface area contributed by atoms with Crippen LogP contribution in [0.2, 0.25) is 10.0 Å². The van der Waals surface area contributed by atoms with Gasteiger partial charge in [-0.3, -0.25) is 0 Å². The van der Waals surface area contributed by atoms with Gasteiger partial charge < -0.3 is 10.1 Å². The van der Waals surface area contributed by atoms with Crippen LogP contribution in [-0.2, 0) is 19.6 Å². The van der Waals surface area contributed by atoms with Crippen molar-refractivity contribution in [3.8, 4) is 5.75 Å². The molecule has 0 fully saturated rings. The van der Waals surface area contributed by atoms with Crippen molar-refractivity contribution in [1.82, 2.24) is 5.32 Å². The van der Waals surface area contributed by atoms with Gasteiger partial charge in [0.15, 0.2) is 0 Å². The summed E-state index contributed by atoms with van der Waals surface area (Å²) >= 11 is 12.2. The van der Waals surface area contributed by atoms with Gasteiger partial charge in [0, 0.05) is 28.2 Å². The van der Waals surface area contributed by atoms with Crippen molar-refractivity contribution >= 4 is 23.2 Å². The fourth-order valence-corrected chi connectivity index (χ4v) is 3.43. The molecule has 3 aromatic rings. The Bertz CT molecular complexity index is 883. The topological polar surface area (TPSA) is 21.3 Å². The highest BCUT2D eigenvalue weighted by atomic mass is 35.5. The Balaban J connectivity index is 1.47. The summed E-state index contributed by atoms with van der Waals surface area (Å²) in [5.74, 6) is 0.835. The van der Waals surface area contributed by atoms with Crippen LogP contribution in [0.15, 0.2) is 72.8 Å². The van der Waals surface area contributed by atoms with Gasteiger partial charge in [0.1, 0.15) is 12.4 Å². The van der Waals surface area contributed by atoms with E-state index in [2.05, 4.69) is 54.7 Å². The zero-order valence-electron chi connectivity index (χ0n) is 16.0. The van der Waals surface area contributed by atoms with Crippen LogP contribution in [0.25, 0.3) is 0 Å². The van der Waals surface area contributed by atoms with Crippen molar-refractivity contribution in [1.29, 1.82) is 0 Å². The number of benzene rings is 3. The number of hydrogen-bond donors (Lipinski definition) is 1. The van der Waals surface area contributed by atoms with E-state index < -0.39 is 0 Å². The van der Waals surface area contributed by atoms with Crippen molar-refractivity contribution in [2.45, 2.75) is 39.0 Å². The lowest BCUT2D eigenvalue weighted by Gasteiger charge is -2.15. The van der Waals surface area contributed by atoms with E-state index in [-0.39, 0.29) is 0 Å². The lowest BCUT2D eigenvalue weighted by molar-refractivity contribution is 0.306. The molecule has 0 spiro atoms. The van der Waals surface area contributed by atoms with Crippen LogP contribution < -0.4 is 10.1 Å². The molecule has 1 atom stereocenters. The van der Waals surface area contributed by atoms with Gasteiger partial charge in [0.2, 0.25) is 0 Å². The second-order valence-corrected chi connectivity index (χ2v) is 7.82. The normalized spacial score (nSPS) is 12.0. The van der Waals surface area contributed by atoms with E-state index in [1.807, 2.05) is 24.3 Å². The number of ether oxygens (including phenoxy) is 1. The van der Waals surface area contributed by atoms with E-state index >= 15 is 0 Å². The molecule has 2 nitrogen and oxygen atoms in total. The van der Waals surface area contributed by atoms with Crippen molar-refractivity contribution in [3.63, 3.8) is 0 Å². The van der Waals surface area contributed by atoms with E-state index in [4.69, 9.17) is 27.9 Å². The third kappa shape index (κ3) is 6.56. The Morgan fingerprint density at radius 1 is 0.893 bits per heavy atom. The SMILES string of the molecule is CC(CCc1ccccc1)NCc1cccc(OCc2ccc(Cl)cc2Cl)c1. The van der Waals surface area contributed by atoms with Crippen LogP contribution in [0.5, 0.6) is 5.75 Å². The molecule has 28 heavy (non-hydrogen) atoms. The Labute approximate surface area is 177 Å². The lowest BCUT2D eigenvalue weighted by atomic mass is 10.1. The molecule has 0 amide bonds. The van der Waals surface area contributed by atoms with Gasteiger partial charge in [0.25, 0.3) is 0 Å². The summed E-state index contributed by atoms with van der Waals surface area (Å²) in [6.07, 6.45) is 2.19.